The van der Waals surface area contributed by atoms with Gasteiger partial charge in [0.1, 0.15) is 40.4 Å². The third-order valence-electron chi connectivity index (χ3n) is 12.2. The lowest BCUT2D eigenvalue weighted by Crippen LogP contribution is -2.20. The molecular formula is C65H94N18O25S6. The Morgan fingerprint density at radius 1 is 0.377 bits per heavy atom. The van der Waals surface area contributed by atoms with Crippen LogP contribution in [0.2, 0.25) is 0 Å². The summed E-state index contributed by atoms with van der Waals surface area (Å²) in [5.74, 6) is -3.77. The number of hydrogen-bond donors (Lipinski definition) is 7. The molecule has 6 rings (SSSR count). The molecule has 0 atom stereocenters. The molecule has 6 heterocycles. The van der Waals surface area contributed by atoms with Gasteiger partial charge in [0.15, 0.2) is 30.9 Å². The first-order valence-corrected chi connectivity index (χ1v) is 40.2. The van der Waals surface area contributed by atoms with Crippen molar-refractivity contribution in [2.24, 2.45) is 0 Å². The van der Waals surface area contributed by atoms with E-state index in [2.05, 4.69) is 103 Å². The van der Waals surface area contributed by atoms with Gasteiger partial charge in [0.25, 0.3) is 33.4 Å². The van der Waals surface area contributed by atoms with Gasteiger partial charge in [0.05, 0.1) is 107 Å². The molecule has 7 N–H and O–H groups in total. The minimum atomic E-state index is -0.965. The van der Waals surface area contributed by atoms with Gasteiger partial charge < -0.3 is 43.0 Å². The van der Waals surface area contributed by atoms with Gasteiger partial charge in [-0.25, -0.2) is 0 Å². The first-order chi connectivity index (χ1) is 53.9. The number of esters is 8. The number of ether oxygens (including phenoxy) is 8. The number of nitrogens with zero attached hydrogens (tertiary/aromatic N) is 12. The molecule has 0 bridgehead atoms. The van der Waals surface area contributed by atoms with Crippen molar-refractivity contribution >= 4 is 130 Å². The van der Waals surface area contributed by atoms with Crippen molar-refractivity contribution in [2.45, 2.75) is 191 Å². The molecule has 0 spiro atoms. The average Bonchev–Trinajstić information content (AvgIpc) is 0.900. The van der Waals surface area contributed by atoms with Gasteiger partial charge in [-0.1, -0.05) is 97.8 Å². The summed E-state index contributed by atoms with van der Waals surface area (Å²) in [6.07, 6.45) is 5.66. The first kappa shape index (κ1) is 104. The number of carboxylic acids is 1. The number of aryl methyl sites for hydroxylation is 5. The number of aliphatic carboxylic acids is 1. The SMILES string of the molecule is C.CCCCCC(=O)CCc1nnc(SCC(=O)OCC)[nH]c1=O.CCOC(=O)CCc1nnc(SCC(=O)OCC)[nH]c1=O.CCOC(=O)CSc1nnc(CCC(=O)OC(C)C)c(=O)[nH]1.CCOC(=O)CSc1nnc(CCC(=O)OC)c(=O)[nH]1.CCOC(=O)CSc1nncc(=O)[nH]1.Cc1nnc(SCC(=O)O)[nH]c1=O. The molecule has 0 saturated carbocycles. The Morgan fingerprint density at radius 3 is 0.991 bits per heavy atom. The van der Waals surface area contributed by atoms with Crippen LogP contribution in [0.3, 0.4) is 0 Å². The number of unbranched alkanes of at least 4 members (excludes halogenated alkanes) is 2. The van der Waals surface area contributed by atoms with Gasteiger partial charge >= 0.3 is 53.7 Å². The van der Waals surface area contributed by atoms with Crippen LogP contribution in [0.25, 0.3) is 0 Å². The highest BCUT2D eigenvalue weighted by molar-refractivity contribution is 8.00. The molecule has 43 nitrogen and oxygen atoms in total. The Morgan fingerprint density at radius 2 is 0.684 bits per heavy atom. The zero-order chi connectivity index (χ0) is 84.5. The van der Waals surface area contributed by atoms with Crippen LogP contribution >= 0.6 is 70.6 Å². The highest BCUT2D eigenvalue weighted by Crippen LogP contribution is 2.15. The number of aromatic amines is 6. The number of ketones is 1. The Hall–Kier alpha value is -10.1. The molecule has 6 aromatic heterocycles. The fraction of sp³-hybridized carbons (Fsp3) is 0.569. The number of carbonyl (C=O) groups excluding carboxylic acids is 9. The number of carbonyl (C=O) groups is 10. The lowest BCUT2D eigenvalue weighted by Gasteiger charge is -2.07. The van der Waals surface area contributed by atoms with Crippen LogP contribution in [-0.2, 0) is 112 Å². The largest absolute Gasteiger partial charge is 0.481 e. The minimum Gasteiger partial charge on any atom is -0.481 e. The summed E-state index contributed by atoms with van der Waals surface area (Å²) < 4.78 is 37.9. The molecule has 0 fully saturated rings. The predicted molar refractivity (Wildman–Crippen MR) is 415 cm³/mol. The highest BCUT2D eigenvalue weighted by Gasteiger charge is 2.17. The summed E-state index contributed by atoms with van der Waals surface area (Å²) in [6.45, 7) is 19.3. The number of carboxylic acid groups (broad SMARTS) is 1. The fourth-order valence-electron chi connectivity index (χ4n) is 7.15. The number of hydrogen-bond acceptors (Lipinski definition) is 42. The number of H-pyrrole nitrogens is 6. The fourth-order valence-corrected chi connectivity index (χ4v) is 10.7. The van der Waals surface area contributed by atoms with Crippen LogP contribution in [-0.4, -0.2) is 243 Å². The zero-order valence-corrected chi connectivity index (χ0v) is 68.6. The lowest BCUT2D eigenvalue weighted by molar-refractivity contribution is -0.147. The molecule has 0 saturated heterocycles. The van der Waals surface area contributed by atoms with Crippen LogP contribution in [0.4, 0.5) is 0 Å². The van der Waals surface area contributed by atoms with Crippen molar-refractivity contribution in [1.29, 1.82) is 0 Å². The molecule has 0 aliphatic heterocycles. The quantitative estimate of drug-likeness (QED) is 0.0126. The van der Waals surface area contributed by atoms with Crippen LogP contribution in [0.15, 0.2) is 65.9 Å². The van der Waals surface area contributed by atoms with Gasteiger partial charge in [-0.05, 0) is 68.7 Å². The second kappa shape index (κ2) is 62.3. The van der Waals surface area contributed by atoms with Crippen molar-refractivity contribution in [1.82, 2.24) is 91.1 Å². The van der Waals surface area contributed by atoms with E-state index in [-0.39, 0.29) is 188 Å². The predicted octanol–water partition coefficient (Wildman–Crippen LogP) is 2.95. The summed E-state index contributed by atoms with van der Waals surface area (Å²) >= 11 is 6.14. The van der Waals surface area contributed by atoms with Gasteiger partial charge in [-0.2, -0.15) is 5.10 Å². The summed E-state index contributed by atoms with van der Waals surface area (Å²) in [5.41, 5.74) is -1.38. The third kappa shape index (κ3) is 50.1. The maximum atomic E-state index is 11.9. The number of aromatic nitrogens is 18. The molecular weight excluding hydrogens is 1630 g/mol. The maximum Gasteiger partial charge on any atom is 0.316 e. The standard InChI is InChI=1S/C15H23N3O4S.C13H19N3O5S.C12H17N3O5S.C11H15N3O5S.C7H9N3O3S.C6H7N3O3S.CH4/c1-3-5-6-7-11(19)8-9-12-14(21)16-15(18-17-12)23-10-13(20)22-4-2;1-4-20-11(18)7-22-13-14-12(19)9(15-16-13)5-6-10(17)21-8(2)3;1-3-19-9(16)6-5-8-11(18)13-12(15-14-8)21-7-10(17)20-4-2;1-3-19-9(16)6-20-11-12-10(17)7(13-14-11)4-5-8(15)18-2;1-2-13-6(12)4-14-7-9-5(11)3-8-10-7;1-3-5(12)7-6(9-8-3)13-2-4(10)11;/h3-10H2,1-2H3,(H,16,18,21);8H,4-7H2,1-3H3,(H,14,16,19);3-7H2,1-2H3,(H,13,15,18);3-6H2,1-2H3,(H,12,14,17);3H,2,4H2,1H3,(H,9,10,11);2H2,1H3,(H,10,11)(H,7,9,12);1H4. The molecule has 0 aromatic carbocycles. The van der Waals surface area contributed by atoms with Gasteiger partial charge in [-0.3, -0.25) is 107 Å². The van der Waals surface area contributed by atoms with Gasteiger partial charge in [0, 0.05) is 38.5 Å². The molecule has 0 radical (unpaired) electrons. The molecule has 630 valence electrons. The van der Waals surface area contributed by atoms with E-state index in [0.717, 1.165) is 96.0 Å². The Kier molecular flexibility index (Phi) is 56.8. The van der Waals surface area contributed by atoms with E-state index >= 15 is 0 Å². The number of methoxy groups -OCH3 is 1. The van der Waals surface area contributed by atoms with Crippen molar-refractivity contribution in [3.63, 3.8) is 0 Å². The summed E-state index contributed by atoms with van der Waals surface area (Å²) in [4.78, 5) is 195. The molecule has 114 heavy (non-hydrogen) atoms. The highest BCUT2D eigenvalue weighted by atomic mass is 32.2. The molecule has 0 aliphatic carbocycles. The van der Waals surface area contributed by atoms with E-state index in [9.17, 15) is 76.7 Å². The molecule has 0 unspecified atom stereocenters. The van der Waals surface area contributed by atoms with Gasteiger partial charge in [-0.15, -0.1) is 56.1 Å². The zero-order valence-electron chi connectivity index (χ0n) is 63.7. The first-order valence-electron chi connectivity index (χ1n) is 34.3. The Bertz CT molecular complexity index is 4360. The van der Waals surface area contributed by atoms with Crippen molar-refractivity contribution < 1.29 is 90.9 Å². The van der Waals surface area contributed by atoms with Crippen molar-refractivity contribution in [3.8, 4) is 0 Å². The topological polar surface area (TPSA) is 617 Å². The molecule has 6 aromatic rings. The summed E-state index contributed by atoms with van der Waals surface area (Å²) in [6, 6.07) is 0. The minimum absolute atomic E-state index is 0. The smallest absolute Gasteiger partial charge is 0.316 e. The molecule has 0 aliphatic rings. The van der Waals surface area contributed by atoms with E-state index in [0.29, 0.717) is 57.6 Å². The molecule has 49 heteroatoms. The third-order valence-corrected chi connectivity index (χ3v) is 17.2. The van der Waals surface area contributed by atoms with Crippen LogP contribution in [0.1, 0.15) is 150 Å². The van der Waals surface area contributed by atoms with E-state index < -0.39 is 52.5 Å². The van der Waals surface area contributed by atoms with Crippen LogP contribution < -0.4 is 33.4 Å². The van der Waals surface area contributed by atoms with E-state index in [1.54, 1.807) is 55.4 Å². The van der Waals surface area contributed by atoms with Crippen molar-refractivity contribution in [3.05, 3.63) is 96.8 Å². The summed E-state index contributed by atoms with van der Waals surface area (Å²) in [5, 5.41) is 54.4. The number of rotatable bonds is 41. The van der Waals surface area contributed by atoms with E-state index in [1.807, 2.05) is 0 Å². The number of thioether (sulfide) groups is 6. The second-order valence-electron chi connectivity index (χ2n) is 21.4. The Labute approximate surface area is 677 Å². The average molecular weight is 1720 g/mol. The molecule has 0 amide bonds. The summed E-state index contributed by atoms with van der Waals surface area (Å²) in [7, 11) is 1.27. The number of Topliss-reactive ketones (excluding diaryl/α,β-unsaturated/α-hetero) is 1. The monoisotopic (exact) mass is 1720 g/mol. The Balaban J connectivity index is 0.00000136. The second-order valence-corrected chi connectivity index (χ2v) is 27.2. The van der Waals surface area contributed by atoms with E-state index in [4.69, 9.17) is 38.3 Å². The van der Waals surface area contributed by atoms with Gasteiger partial charge in [0.2, 0.25) is 0 Å². The normalized spacial score (nSPS) is 10.1. The lowest BCUT2D eigenvalue weighted by atomic mass is 10.1. The number of nitrogens with one attached hydrogen (secondary N) is 6. The maximum absolute atomic E-state index is 11.9. The van der Waals surface area contributed by atoms with Crippen molar-refractivity contribution in [2.75, 3.05) is 81.3 Å². The van der Waals surface area contributed by atoms with Crippen LogP contribution in [0, 0.1) is 6.92 Å². The van der Waals surface area contributed by atoms with Crippen LogP contribution in [0.5, 0.6) is 0 Å². The van der Waals surface area contributed by atoms with E-state index in [1.165, 1.54) is 14.0 Å².